The van der Waals surface area contributed by atoms with Crippen LogP contribution in [-0.2, 0) is 0 Å². The summed E-state index contributed by atoms with van der Waals surface area (Å²) in [5.74, 6) is -0.0789. The van der Waals surface area contributed by atoms with Crippen molar-refractivity contribution in [2.75, 3.05) is 6.61 Å². The quantitative estimate of drug-likeness (QED) is 0.787. The summed E-state index contributed by atoms with van der Waals surface area (Å²) in [6, 6.07) is 0.0908. The summed E-state index contributed by atoms with van der Waals surface area (Å²) in [6.45, 7) is 0.0000364. The van der Waals surface area contributed by atoms with Crippen LogP contribution in [0.5, 0.6) is 0 Å². The van der Waals surface area contributed by atoms with Crippen molar-refractivity contribution in [3.05, 3.63) is 17.8 Å². The van der Waals surface area contributed by atoms with E-state index >= 15 is 0 Å². The Balaban J connectivity index is 1.99. The number of halogens is 1. The molecule has 1 fully saturated rings. The Morgan fingerprint density at radius 3 is 2.89 bits per heavy atom. The topological polar surface area (TPSA) is 84.1 Å². The highest BCUT2D eigenvalue weighted by atomic mass is 35.5. The number of rotatable bonds is 2. The molecule has 1 aliphatic carbocycles. The second kappa shape index (κ2) is 4.46. The van der Waals surface area contributed by atoms with E-state index in [0.717, 1.165) is 0 Å². The van der Waals surface area contributed by atoms with E-state index in [9.17, 15) is 10.2 Å². The van der Waals surface area contributed by atoms with Gasteiger partial charge in [-0.25, -0.2) is 15.0 Å². The number of aliphatic hydroxyl groups is 2. The minimum absolute atomic E-state index is 0.0000364. The zero-order chi connectivity index (χ0) is 12.7. The van der Waals surface area contributed by atoms with E-state index in [1.54, 1.807) is 6.33 Å². The average Bonchev–Trinajstić information content (AvgIpc) is 2.93. The van der Waals surface area contributed by atoms with Gasteiger partial charge in [-0.1, -0.05) is 11.6 Å². The largest absolute Gasteiger partial charge is 0.396 e. The molecule has 0 unspecified atom stereocenters. The number of imidazole rings is 1. The van der Waals surface area contributed by atoms with Crippen LogP contribution in [-0.4, -0.2) is 42.4 Å². The molecule has 3 atom stereocenters. The van der Waals surface area contributed by atoms with Gasteiger partial charge < -0.3 is 14.8 Å². The summed E-state index contributed by atoms with van der Waals surface area (Å²) in [5, 5.41) is 19.3. The predicted molar refractivity (Wildman–Crippen MR) is 65.2 cm³/mol. The molecule has 1 saturated carbocycles. The van der Waals surface area contributed by atoms with Crippen LogP contribution in [0.3, 0.4) is 0 Å². The third-order valence-corrected chi connectivity index (χ3v) is 3.85. The summed E-state index contributed by atoms with van der Waals surface area (Å²) in [5.41, 5.74) is 1.24. The van der Waals surface area contributed by atoms with E-state index in [1.807, 2.05) is 4.57 Å². The molecule has 2 aromatic heterocycles. The Morgan fingerprint density at radius 2 is 2.17 bits per heavy atom. The monoisotopic (exact) mass is 268 g/mol. The summed E-state index contributed by atoms with van der Waals surface area (Å²) < 4.78 is 1.90. The predicted octanol–water partition coefficient (Wildman–Crippen LogP) is 0.784. The molecule has 0 saturated heterocycles. The Hall–Kier alpha value is -1.24. The van der Waals surface area contributed by atoms with Gasteiger partial charge in [0.05, 0.1) is 12.4 Å². The van der Waals surface area contributed by atoms with E-state index in [0.29, 0.717) is 29.2 Å². The molecule has 2 N–H and O–H groups in total. The van der Waals surface area contributed by atoms with Crippen molar-refractivity contribution in [2.45, 2.75) is 25.0 Å². The second-order valence-corrected chi connectivity index (χ2v) is 4.98. The van der Waals surface area contributed by atoms with Gasteiger partial charge in [0.1, 0.15) is 11.8 Å². The number of hydrogen-bond acceptors (Lipinski definition) is 5. The van der Waals surface area contributed by atoms with Crippen LogP contribution in [0.25, 0.3) is 11.2 Å². The molecule has 2 aromatic rings. The Kier molecular flexibility index (Phi) is 2.93. The Morgan fingerprint density at radius 1 is 1.33 bits per heavy atom. The molecule has 0 aliphatic heterocycles. The molecule has 0 spiro atoms. The highest BCUT2D eigenvalue weighted by molar-refractivity contribution is 6.33. The van der Waals surface area contributed by atoms with Crippen LogP contribution in [0, 0.1) is 5.92 Å². The van der Waals surface area contributed by atoms with Gasteiger partial charge in [0.25, 0.3) is 0 Å². The lowest BCUT2D eigenvalue weighted by Gasteiger charge is -2.11. The molecule has 96 valence electrons. The first-order valence-electron chi connectivity index (χ1n) is 5.82. The van der Waals surface area contributed by atoms with Crippen molar-refractivity contribution < 1.29 is 10.2 Å². The minimum atomic E-state index is -0.477. The molecule has 0 bridgehead atoms. The van der Waals surface area contributed by atoms with Crippen LogP contribution >= 0.6 is 11.6 Å². The van der Waals surface area contributed by atoms with Gasteiger partial charge in [0, 0.05) is 18.6 Å². The highest BCUT2D eigenvalue weighted by Gasteiger charge is 2.34. The van der Waals surface area contributed by atoms with E-state index in [2.05, 4.69) is 15.0 Å². The van der Waals surface area contributed by atoms with Gasteiger partial charge >= 0.3 is 0 Å². The van der Waals surface area contributed by atoms with Crippen molar-refractivity contribution in [1.82, 2.24) is 19.5 Å². The third-order valence-electron chi connectivity index (χ3n) is 3.57. The van der Waals surface area contributed by atoms with Crippen molar-refractivity contribution >= 4 is 22.8 Å². The fourth-order valence-corrected chi connectivity index (χ4v) is 2.76. The lowest BCUT2D eigenvalue weighted by atomic mass is 10.1. The van der Waals surface area contributed by atoms with Gasteiger partial charge in [0.15, 0.2) is 10.8 Å². The first-order valence-corrected chi connectivity index (χ1v) is 6.20. The lowest BCUT2D eigenvalue weighted by Crippen LogP contribution is -2.16. The van der Waals surface area contributed by atoms with Gasteiger partial charge in [0.2, 0.25) is 0 Å². The maximum absolute atomic E-state index is 9.83. The van der Waals surface area contributed by atoms with Crippen molar-refractivity contribution in [3.63, 3.8) is 0 Å². The first kappa shape index (κ1) is 11.8. The molecule has 0 radical (unpaired) electrons. The van der Waals surface area contributed by atoms with Gasteiger partial charge in [-0.05, 0) is 12.8 Å². The molecule has 2 heterocycles. The maximum atomic E-state index is 9.83. The van der Waals surface area contributed by atoms with Crippen LogP contribution in [0.1, 0.15) is 18.9 Å². The fourth-order valence-electron chi connectivity index (χ4n) is 2.59. The molecule has 3 rings (SSSR count). The summed E-state index contributed by atoms with van der Waals surface area (Å²) in [4.78, 5) is 12.3. The van der Waals surface area contributed by atoms with E-state index in [-0.39, 0.29) is 18.6 Å². The molecular weight excluding hydrogens is 256 g/mol. The second-order valence-electron chi connectivity index (χ2n) is 4.62. The number of hydrogen-bond donors (Lipinski definition) is 2. The zero-order valence-corrected chi connectivity index (χ0v) is 10.3. The molecule has 1 aliphatic rings. The smallest absolute Gasteiger partial charge is 0.165 e. The summed E-state index contributed by atoms with van der Waals surface area (Å²) in [7, 11) is 0. The zero-order valence-electron chi connectivity index (χ0n) is 9.57. The third kappa shape index (κ3) is 1.77. The number of aliphatic hydroxyl groups excluding tert-OH is 2. The van der Waals surface area contributed by atoms with E-state index < -0.39 is 6.10 Å². The summed E-state index contributed by atoms with van der Waals surface area (Å²) >= 11 is 5.95. The van der Waals surface area contributed by atoms with Crippen LogP contribution < -0.4 is 0 Å². The molecule has 18 heavy (non-hydrogen) atoms. The molecule has 7 heteroatoms. The molecular formula is C11H13ClN4O2. The Bertz CT molecular complexity index is 573. The van der Waals surface area contributed by atoms with Gasteiger partial charge in [-0.15, -0.1) is 0 Å². The minimum Gasteiger partial charge on any atom is -0.396 e. The normalized spacial score (nSPS) is 28.1. The van der Waals surface area contributed by atoms with Crippen LogP contribution in [0.4, 0.5) is 0 Å². The van der Waals surface area contributed by atoms with Crippen LogP contribution in [0.2, 0.25) is 5.15 Å². The standard InChI is InChI=1S/C11H13ClN4O2/c12-10-9-11(14-4-13-10)16(5-15-9)7-1-6(3-17)8(18)2-7/h4-8,17-18H,1-3H2/t6-,7-,8+/m1/s1. The number of nitrogens with zero attached hydrogens (tertiary/aromatic N) is 4. The summed E-state index contributed by atoms with van der Waals surface area (Å²) in [6.07, 6.45) is 3.90. The van der Waals surface area contributed by atoms with Crippen molar-refractivity contribution in [1.29, 1.82) is 0 Å². The van der Waals surface area contributed by atoms with Gasteiger partial charge in [-0.3, -0.25) is 0 Å². The van der Waals surface area contributed by atoms with E-state index in [4.69, 9.17) is 11.6 Å². The SMILES string of the molecule is OC[C@H]1C[C@@H](n2cnc3c(Cl)ncnc32)C[C@@H]1O. The highest BCUT2D eigenvalue weighted by Crippen LogP contribution is 2.36. The van der Waals surface area contributed by atoms with Crippen LogP contribution in [0.15, 0.2) is 12.7 Å². The maximum Gasteiger partial charge on any atom is 0.165 e. The average molecular weight is 269 g/mol. The number of fused-ring (bicyclic) bond motifs is 1. The first-order chi connectivity index (χ1) is 8.70. The van der Waals surface area contributed by atoms with E-state index in [1.165, 1.54) is 6.33 Å². The molecule has 0 amide bonds. The number of aromatic nitrogens is 4. The van der Waals surface area contributed by atoms with Crippen molar-refractivity contribution in [2.24, 2.45) is 5.92 Å². The fraction of sp³-hybridized carbons (Fsp3) is 0.545. The van der Waals surface area contributed by atoms with Gasteiger partial charge in [-0.2, -0.15) is 0 Å². The van der Waals surface area contributed by atoms with Crippen molar-refractivity contribution in [3.8, 4) is 0 Å². The lowest BCUT2D eigenvalue weighted by molar-refractivity contribution is 0.0906. The molecule has 0 aromatic carbocycles. The molecule has 6 nitrogen and oxygen atoms in total. The Labute approximate surface area is 108 Å².